The van der Waals surface area contributed by atoms with E-state index in [-0.39, 0.29) is 43.0 Å². The van der Waals surface area contributed by atoms with E-state index in [9.17, 15) is 14.4 Å². The first kappa shape index (κ1) is 25.6. The van der Waals surface area contributed by atoms with E-state index in [0.717, 1.165) is 0 Å². The molecular weight excluding hydrogens is 526 g/mol. The van der Waals surface area contributed by atoms with Crippen LogP contribution in [0.25, 0.3) is 5.82 Å². The van der Waals surface area contributed by atoms with E-state index in [1.165, 1.54) is 41.9 Å². The van der Waals surface area contributed by atoms with Crippen LogP contribution in [0.1, 0.15) is 26.4 Å². The third kappa shape index (κ3) is 5.39. The summed E-state index contributed by atoms with van der Waals surface area (Å²) in [5, 5.41) is 3.33. The standard InChI is InChI=1S/C21H18Cl4N6O3/c1-10-7-11(22)8-12(19(32)28-29-21(34)30(2)3)16(10)27-20(33)15-9-14(24)17(25)31(15)18-13(23)5-4-6-26-18/h4-9H,1-3H3,(H,27,33)(H,28,32)(H,29,34). The molecule has 0 aliphatic rings. The Kier molecular flexibility index (Phi) is 7.93. The Hall–Kier alpha value is -2.98. The van der Waals surface area contributed by atoms with Crippen LogP contribution in [0.3, 0.4) is 0 Å². The van der Waals surface area contributed by atoms with Gasteiger partial charge in [0.05, 0.1) is 21.3 Å². The molecule has 0 spiro atoms. The molecule has 2 heterocycles. The highest BCUT2D eigenvalue weighted by molar-refractivity contribution is 6.42. The van der Waals surface area contributed by atoms with Gasteiger partial charge < -0.3 is 10.2 Å². The van der Waals surface area contributed by atoms with E-state index in [2.05, 4.69) is 21.2 Å². The molecule has 0 aliphatic carbocycles. The number of amides is 4. The number of pyridine rings is 1. The second kappa shape index (κ2) is 10.5. The number of carbonyl (C=O) groups is 3. The number of halogens is 4. The average Bonchev–Trinajstić information content (AvgIpc) is 3.08. The Morgan fingerprint density at radius 3 is 2.32 bits per heavy atom. The number of hydrogen-bond acceptors (Lipinski definition) is 4. The average molecular weight is 544 g/mol. The van der Waals surface area contributed by atoms with Gasteiger partial charge >= 0.3 is 6.03 Å². The van der Waals surface area contributed by atoms with Gasteiger partial charge in [-0.3, -0.25) is 19.6 Å². The van der Waals surface area contributed by atoms with Crippen LogP contribution in [0.4, 0.5) is 10.5 Å². The van der Waals surface area contributed by atoms with Crippen molar-refractivity contribution in [2.45, 2.75) is 6.92 Å². The molecular formula is C21H18Cl4N6O3. The van der Waals surface area contributed by atoms with E-state index >= 15 is 0 Å². The molecule has 3 N–H and O–H groups in total. The third-order valence-corrected chi connectivity index (χ3v) is 5.82. The van der Waals surface area contributed by atoms with Crippen molar-refractivity contribution in [3.63, 3.8) is 0 Å². The summed E-state index contributed by atoms with van der Waals surface area (Å²) >= 11 is 24.9. The van der Waals surface area contributed by atoms with Crippen LogP contribution in [0.15, 0.2) is 36.5 Å². The highest BCUT2D eigenvalue weighted by Gasteiger charge is 2.24. The number of hydrazine groups is 1. The van der Waals surface area contributed by atoms with E-state index in [4.69, 9.17) is 46.4 Å². The van der Waals surface area contributed by atoms with Crippen molar-refractivity contribution < 1.29 is 14.4 Å². The molecule has 1 aromatic carbocycles. The zero-order chi connectivity index (χ0) is 25.2. The minimum Gasteiger partial charge on any atom is -0.330 e. The minimum atomic E-state index is -0.699. The van der Waals surface area contributed by atoms with Crippen molar-refractivity contribution in [3.05, 3.63) is 73.6 Å². The van der Waals surface area contributed by atoms with Gasteiger partial charge in [-0.1, -0.05) is 46.4 Å². The molecule has 13 heteroatoms. The molecule has 0 saturated heterocycles. The van der Waals surface area contributed by atoms with Gasteiger partial charge in [-0.2, -0.15) is 0 Å². The number of rotatable bonds is 4. The van der Waals surface area contributed by atoms with Crippen LogP contribution >= 0.6 is 46.4 Å². The van der Waals surface area contributed by atoms with Crippen molar-refractivity contribution in [2.75, 3.05) is 19.4 Å². The number of urea groups is 1. The van der Waals surface area contributed by atoms with Crippen LogP contribution in [0, 0.1) is 6.92 Å². The zero-order valence-corrected chi connectivity index (χ0v) is 21.1. The summed E-state index contributed by atoms with van der Waals surface area (Å²) in [7, 11) is 3.02. The zero-order valence-electron chi connectivity index (χ0n) is 18.0. The van der Waals surface area contributed by atoms with Crippen molar-refractivity contribution >= 4 is 69.9 Å². The first-order chi connectivity index (χ1) is 16.0. The number of nitrogens with zero attached hydrogens (tertiary/aromatic N) is 3. The van der Waals surface area contributed by atoms with Gasteiger partial charge in [0.2, 0.25) is 0 Å². The Morgan fingerprint density at radius 2 is 1.68 bits per heavy atom. The highest BCUT2D eigenvalue weighted by atomic mass is 35.5. The normalized spacial score (nSPS) is 10.6. The van der Waals surface area contributed by atoms with Crippen molar-refractivity contribution in [1.29, 1.82) is 0 Å². The summed E-state index contributed by atoms with van der Waals surface area (Å²) < 4.78 is 1.30. The number of hydrogen-bond donors (Lipinski definition) is 3. The van der Waals surface area contributed by atoms with Gasteiger partial charge in [0.1, 0.15) is 10.8 Å². The third-order valence-electron chi connectivity index (χ3n) is 4.55. The fourth-order valence-corrected chi connectivity index (χ4v) is 3.82. The van der Waals surface area contributed by atoms with Gasteiger partial charge in [0.15, 0.2) is 5.82 Å². The van der Waals surface area contributed by atoms with E-state index in [1.54, 1.807) is 25.1 Å². The van der Waals surface area contributed by atoms with Gasteiger partial charge in [0, 0.05) is 25.3 Å². The number of aryl methyl sites for hydroxylation is 1. The lowest BCUT2D eigenvalue weighted by atomic mass is 10.1. The summed E-state index contributed by atoms with van der Waals surface area (Å²) in [6.07, 6.45) is 1.49. The highest BCUT2D eigenvalue weighted by Crippen LogP contribution is 2.33. The molecule has 178 valence electrons. The predicted octanol–water partition coefficient (Wildman–Crippen LogP) is 4.96. The van der Waals surface area contributed by atoms with Crippen LogP contribution in [-0.4, -0.2) is 46.4 Å². The van der Waals surface area contributed by atoms with E-state index in [1.807, 2.05) is 0 Å². The van der Waals surface area contributed by atoms with Crippen molar-refractivity contribution in [2.24, 2.45) is 0 Å². The van der Waals surface area contributed by atoms with Gasteiger partial charge in [-0.15, -0.1) is 0 Å². The SMILES string of the molecule is Cc1cc(Cl)cc(C(=O)NNC(=O)N(C)C)c1NC(=O)c1cc(Cl)c(Cl)n1-c1ncccc1Cl. The number of benzene rings is 1. The van der Waals surface area contributed by atoms with E-state index < -0.39 is 17.8 Å². The van der Waals surface area contributed by atoms with Gasteiger partial charge in [-0.25, -0.2) is 15.2 Å². The summed E-state index contributed by atoms with van der Waals surface area (Å²) in [6, 6.07) is 6.95. The van der Waals surface area contributed by atoms with Gasteiger partial charge in [0.25, 0.3) is 11.8 Å². The molecule has 0 unspecified atom stereocenters. The Labute approximate surface area is 214 Å². The molecule has 0 fully saturated rings. The first-order valence-electron chi connectivity index (χ1n) is 9.58. The first-order valence-corrected chi connectivity index (χ1v) is 11.1. The lowest BCUT2D eigenvalue weighted by molar-refractivity contribution is 0.0933. The topological polar surface area (TPSA) is 108 Å². The molecule has 34 heavy (non-hydrogen) atoms. The molecule has 0 radical (unpaired) electrons. The fourth-order valence-electron chi connectivity index (χ4n) is 2.93. The number of aromatic nitrogens is 2. The molecule has 0 bridgehead atoms. The Morgan fingerprint density at radius 1 is 0.971 bits per heavy atom. The lowest BCUT2D eigenvalue weighted by Gasteiger charge is -2.17. The monoisotopic (exact) mass is 542 g/mol. The predicted molar refractivity (Wildman–Crippen MR) is 132 cm³/mol. The summed E-state index contributed by atoms with van der Waals surface area (Å²) in [6.45, 7) is 1.66. The second-order valence-corrected chi connectivity index (χ2v) is 8.80. The van der Waals surface area contributed by atoms with Crippen LogP contribution in [0.2, 0.25) is 20.2 Å². The van der Waals surface area contributed by atoms with Crippen LogP contribution in [0.5, 0.6) is 0 Å². The molecule has 0 atom stereocenters. The summed E-state index contributed by atoms with van der Waals surface area (Å²) in [4.78, 5) is 43.2. The number of nitrogens with one attached hydrogen (secondary N) is 3. The van der Waals surface area contributed by atoms with E-state index in [0.29, 0.717) is 5.56 Å². The number of carbonyl (C=O) groups excluding carboxylic acids is 3. The molecule has 3 aromatic rings. The maximum Gasteiger partial charge on any atom is 0.335 e. The number of anilines is 1. The summed E-state index contributed by atoms with van der Waals surface area (Å²) in [5.74, 6) is -1.15. The van der Waals surface area contributed by atoms with Crippen LogP contribution < -0.4 is 16.2 Å². The largest absolute Gasteiger partial charge is 0.335 e. The second-order valence-electron chi connectivity index (χ2n) is 7.19. The Bertz CT molecular complexity index is 1290. The molecule has 4 amide bonds. The molecule has 9 nitrogen and oxygen atoms in total. The minimum absolute atomic E-state index is 0.0172. The van der Waals surface area contributed by atoms with Gasteiger partial charge in [-0.05, 0) is 42.8 Å². The smallest absolute Gasteiger partial charge is 0.330 e. The molecule has 2 aromatic heterocycles. The molecule has 3 rings (SSSR count). The lowest BCUT2D eigenvalue weighted by Crippen LogP contribution is -2.46. The maximum atomic E-state index is 13.3. The fraction of sp³-hybridized carbons (Fsp3) is 0.143. The summed E-state index contributed by atoms with van der Waals surface area (Å²) in [5.41, 5.74) is 5.23. The van der Waals surface area contributed by atoms with Crippen molar-refractivity contribution in [3.8, 4) is 5.82 Å². The molecule has 0 aliphatic heterocycles. The molecule has 0 saturated carbocycles. The maximum absolute atomic E-state index is 13.3. The van der Waals surface area contributed by atoms with Crippen molar-refractivity contribution in [1.82, 2.24) is 25.3 Å². The Balaban J connectivity index is 1.99. The van der Waals surface area contributed by atoms with Crippen LogP contribution in [-0.2, 0) is 0 Å². The quantitative estimate of drug-likeness (QED) is 0.404.